The van der Waals surface area contributed by atoms with Crippen LogP contribution in [0.1, 0.15) is 44.5 Å². The number of phenols is 1. The maximum atomic E-state index is 12.6. The van der Waals surface area contributed by atoms with Gasteiger partial charge in [0.25, 0.3) is 6.47 Å². The van der Waals surface area contributed by atoms with Crippen molar-refractivity contribution in [2.75, 3.05) is 56.6 Å². The second-order valence-electron chi connectivity index (χ2n) is 15.5. The fourth-order valence-electron chi connectivity index (χ4n) is 6.44. The zero-order valence-electron chi connectivity index (χ0n) is 44.9. The molecular weight excluding hydrogens is 1260 g/mol. The molecule has 83 heavy (non-hydrogen) atoms. The van der Waals surface area contributed by atoms with Gasteiger partial charge in [-0.3, -0.25) is 44.2 Å². The minimum absolute atomic E-state index is 0. The van der Waals surface area contributed by atoms with Gasteiger partial charge in [-0.25, -0.2) is 9.59 Å². The Balaban J connectivity index is 0.00000200. The summed E-state index contributed by atoms with van der Waals surface area (Å²) in [6.45, 7) is 0.340. The molecule has 0 spiro atoms. The third-order valence-corrected chi connectivity index (χ3v) is 9.56. The second-order valence-corrected chi connectivity index (χ2v) is 15.5. The zero-order valence-corrected chi connectivity index (χ0v) is 47.3. The Morgan fingerprint density at radius 2 is 0.819 bits per heavy atom. The van der Waals surface area contributed by atoms with E-state index in [1.54, 1.807) is 84.9 Å². The molecule has 4 rings (SSSR count). The van der Waals surface area contributed by atoms with Crippen LogP contribution in [-0.4, -0.2) is 161 Å². The molecule has 0 saturated carbocycles. The summed E-state index contributed by atoms with van der Waals surface area (Å²) in [5, 5.41) is 18.5. The molecule has 32 heteroatoms. The Morgan fingerprint density at radius 3 is 1.13 bits per heavy atom. The van der Waals surface area contributed by atoms with Gasteiger partial charge in [0.05, 0.1) is 32.9 Å². The van der Waals surface area contributed by atoms with Crippen LogP contribution >= 0.6 is 0 Å². The summed E-state index contributed by atoms with van der Waals surface area (Å²) >= 11 is 0. The van der Waals surface area contributed by atoms with Gasteiger partial charge in [0.1, 0.15) is 58.6 Å². The maximum absolute atomic E-state index is 12.6. The number of phenolic OH excluding ortho intramolecular Hbond substituents is 1. The van der Waals surface area contributed by atoms with Crippen LogP contribution in [0.2, 0.25) is 6.82 Å². The van der Waals surface area contributed by atoms with Gasteiger partial charge in [-0.2, -0.15) is 0 Å². The number of hydrogen-bond donors (Lipinski definition) is 4. The molecule has 0 fully saturated rings. The largest absolute Gasteiger partial charge is 0.507 e. The number of amides is 3. The first kappa shape index (κ1) is 74.7. The van der Waals surface area contributed by atoms with E-state index >= 15 is 0 Å². The molecule has 0 heterocycles. The normalized spacial score (nSPS) is 9.84. The molecule has 0 aliphatic heterocycles. The molecule has 0 aromatic heterocycles. The summed E-state index contributed by atoms with van der Waals surface area (Å²) in [5.41, 5.74) is 5.87. The van der Waals surface area contributed by atoms with E-state index in [1.165, 1.54) is 21.0 Å². The molecular formula is C51H50B7IrN3O21. The van der Waals surface area contributed by atoms with Crippen LogP contribution < -0.4 is 16.0 Å². The smallest absolute Gasteiger partial charge is 0.411 e. The first-order valence-corrected chi connectivity index (χ1v) is 23.3. The van der Waals surface area contributed by atoms with Crippen molar-refractivity contribution < 1.29 is 121 Å². The van der Waals surface area contributed by atoms with E-state index < -0.39 is 41.5 Å². The van der Waals surface area contributed by atoms with Gasteiger partial charge in [-0.05, 0) is 82.9 Å². The number of benzene rings is 4. The average molecular weight is 1310 g/mol. The summed E-state index contributed by atoms with van der Waals surface area (Å²) in [6.07, 6.45) is 2.22. The molecule has 0 saturated heterocycles. The molecule has 24 nitrogen and oxygen atoms in total. The first-order chi connectivity index (χ1) is 39.2. The van der Waals surface area contributed by atoms with Crippen molar-refractivity contribution in [1.29, 1.82) is 0 Å². The number of rotatable bonds is 27. The third-order valence-electron chi connectivity index (χ3n) is 9.56. The minimum atomic E-state index is -1.02. The second kappa shape index (κ2) is 43.4. The van der Waals surface area contributed by atoms with Crippen molar-refractivity contribution in [3.05, 3.63) is 128 Å². The molecule has 4 aromatic carbocycles. The number of hydrogen-bond acceptors (Lipinski definition) is 21. The van der Waals surface area contributed by atoms with Gasteiger partial charge in [-0.1, -0.05) is 31.1 Å². The van der Waals surface area contributed by atoms with Crippen molar-refractivity contribution in [3.8, 4) is 5.75 Å². The monoisotopic (exact) mass is 1310 g/mol. The molecule has 0 unspecified atom stereocenters. The van der Waals surface area contributed by atoms with Crippen molar-refractivity contribution in [3.63, 3.8) is 0 Å². The van der Waals surface area contributed by atoms with E-state index in [0.717, 1.165) is 5.56 Å². The fraction of sp³-hybridized carbons (Fsp3) is 0.255. The molecule has 0 aliphatic carbocycles. The van der Waals surface area contributed by atoms with Crippen LogP contribution in [0.3, 0.4) is 0 Å². The molecule has 4 aromatic rings. The van der Waals surface area contributed by atoms with E-state index in [4.69, 9.17) is 91.4 Å². The van der Waals surface area contributed by atoms with Crippen molar-refractivity contribution >= 4 is 145 Å². The van der Waals surface area contributed by atoms with E-state index in [2.05, 4.69) is 31.6 Å². The van der Waals surface area contributed by atoms with E-state index in [1.807, 2.05) is 0 Å². The first-order valence-electron chi connectivity index (χ1n) is 23.3. The van der Waals surface area contributed by atoms with Crippen LogP contribution in [0, 0.1) is 0 Å². The minimum Gasteiger partial charge on any atom is -0.507 e. The van der Waals surface area contributed by atoms with E-state index in [0.29, 0.717) is 62.4 Å². The van der Waals surface area contributed by atoms with Gasteiger partial charge in [0, 0.05) is 79.1 Å². The van der Waals surface area contributed by atoms with Gasteiger partial charge < -0.3 is 62.6 Å². The molecule has 3 amide bonds. The number of carbonyl (C=O) groups is 10. The standard InChI is InChI=1S/C36H33B3N2O14.C13H13B2NO6.CHBO.CH3B.Ir/c1-49-14-24-12-27(19-54-35(47)40-29-6-2-22(3-7-29)10-25(15-50-21-42)16-51-32(37)44)31(43)28(13-24)20-55-36(48)41-30-8-4-23(5-9-30)11-26(17-52-33(38)45)18-53-34(39)46;1-20-4-8-2-9(5-21-12(14)18)11(16-7-17)10(3-8)6-22-13(15)19;2-1-3;1-2;/h2-13,21,43H,14-20H2,1H3,(H,40,47)(H,41,48);2-3,7H,4-6H2,1H3,(H,16,17);1H;1H3;/b25-10+;;;;. The molecule has 0 aliphatic rings. The van der Waals surface area contributed by atoms with Crippen LogP contribution in [0.15, 0.2) is 83.9 Å². The summed E-state index contributed by atoms with van der Waals surface area (Å²) in [5.74, 6) is -5.20. The van der Waals surface area contributed by atoms with Crippen LogP contribution in [0.5, 0.6) is 5.75 Å². The predicted octanol–water partition coefficient (Wildman–Crippen LogP) is 5.45. The quantitative estimate of drug-likeness (QED) is 0.0328. The summed E-state index contributed by atoms with van der Waals surface area (Å²) in [4.78, 5) is 110. The Bertz CT molecular complexity index is 2770. The molecule has 425 valence electrons. The van der Waals surface area contributed by atoms with Crippen LogP contribution in [0.25, 0.3) is 12.2 Å². The summed E-state index contributed by atoms with van der Waals surface area (Å²) < 4.78 is 49.4. The van der Waals surface area contributed by atoms with Gasteiger partial charge >= 0.3 is 12.2 Å². The zero-order chi connectivity index (χ0) is 61.4. The maximum Gasteiger partial charge on any atom is 0.411 e. The number of aromatic hydroxyl groups is 1. The summed E-state index contributed by atoms with van der Waals surface area (Å²) in [7, 11) is 36.5. The van der Waals surface area contributed by atoms with E-state index in [-0.39, 0.29) is 116 Å². The van der Waals surface area contributed by atoms with Crippen molar-refractivity contribution in [2.24, 2.45) is 0 Å². The third kappa shape index (κ3) is 32.7. The molecule has 0 atom stereocenters. The fourth-order valence-corrected chi connectivity index (χ4v) is 6.44. The Morgan fingerprint density at radius 1 is 0.494 bits per heavy atom. The Labute approximate surface area is 500 Å². The Kier molecular flexibility index (Phi) is 39.1. The number of ether oxygens (including phenoxy) is 10. The summed E-state index contributed by atoms with van der Waals surface area (Å²) in [6, 6.07) is 19.3. The van der Waals surface area contributed by atoms with Crippen molar-refractivity contribution in [2.45, 2.75) is 46.5 Å². The average Bonchev–Trinajstić information content (AvgIpc) is 3.46. The molecule has 0 bridgehead atoms. The van der Waals surface area contributed by atoms with Crippen LogP contribution in [0.4, 0.5) is 50.6 Å². The topological polar surface area (TPSA) is 319 Å². The van der Waals surface area contributed by atoms with E-state index in [9.17, 15) is 48.3 Å². The number of carbonyl (C=O) groups excluding carboxylic acids is 10. The Hall–Kier alpha value is -8.32. The number of methoxy groups -OCH3 is 2. The number of anilines is 3. The number of nitrogens with one attached hydrogen (secondary N) is 3. The molecule has 4 N–H and O–H groups in total. The predicted molar refractivity (Wildman–Crippen MR) is 301 cm³/mol. The SMILES string of the molecule is [B]C.[B]C(=O)OCC(=Cc1ccc(NC(=O)OCc2cc(COC)cc(COC(=O)Nc3ccc(/C=C(\COC=O)COC([B])=O)cc3)c2O)cc1)COC([B])=O.[B]C(=O)OCc1cc(COC)cc(COC([B])=O)c1NC=O.[B]C=O.[Ir]. The molecule has 15 radical (unpaired) electrons. The van der Waals surface area contributed by atoms with Gasteiger partial charge in [0.2, 0.25) is 75.0 Å². The van der Waals surface area contributed by atoms with Crippen LogP contribution in [-0.2, 0) is 121 Å². The van der Waals surface area contributed by atoms with Gasteiger partial charge in [0.15, 0.2) is 7.85 Å². The van der Waals surface area contributed by atoms with Crippen molar-refractivity contribution in [1.82, 2.24) is 0 Å². The van der Waals surface area contributed by atoms with Gasteiger partial charge in [-0.15, -0.1) is 0 Å².